The molecule has 0 bridgehead atoms. The van der Waals surface area contributed by atoms with Gasteiger partial charge in [-0.3, -0.25) is 0 Å². The minimum Gasteiger partial charge on any atom is -0.479 e. The van der Waals surface area contributed by atoms with Crippen molar-refractivity contribution in [3.63, 3.8) is 0 Å². The van der Waals surface area contributed by atoms with Crippen molar-refractivity contribution in [2.45, 2.75) is 19.1 Å². The third kappa shape index (κ3) is 1.68. The number of hydrogen-bond donors (Lipinski definition) is 2. The number of carboxylic acids is 1. The summed E-state index contributed by atoms with van der Waals surface area (Å²) in [7, 11) is 0. The summed E-state index contributed by atoms with van der Waals surface area (Å²) in [4.78, 5) is 10.3. The number of rotatable bonds is 1. The Balaban J connectivity index is 2.39. The molecule has 0 aromatic rings. The van der Waals surface area contributed by atoms with E-state index in [-0.39, 0.29) is 6.10 Å². The molecule has 1 heterocycles. The fraction of sp³-hybridized carbons (Fsp3) is 0.833. The van der Waals surface area contributed by atoms with Gasteiger partial charge in [0.1, 0.15) is 0 Å². The highest BCUT2D eigenvalue weighted by Crippen LogP contribution is 2.02. The third-order valence-corrected chi connectivity index (χ3v) is 1.43. The lowest BCUT2D eigenvalue weighted by Gasteiger charge is -2.25. The lowest BCUT2D eigenvalue weighted by Crippen LogP contribution is -2.46. The van der Waals surface area contributed by atoms with Gasteiger partial charge in [0, 0.05) is 13.1 Å². The normalized spacial score (nSPS) is 33.7. The quantitative estimate of drug-likeness (QED) is 0.519. The van der Waals surface area contributed by atoms with Gasteiger partial charge in [-0.1, -0.05) is 0 Å². The summed E-state index contributed by atoms with van der Waals surface area (Å²) < 4.78 is 5.09. The van der Waals surface area contributed by atoms with E-state index in [0.29, 0.717) is 6.54 Å². The van der Waals surface area contributed by atoms with Gasteiger partial charge in [-0.25, -0.2) is 4.79 Å². The number of nitrogens with one attached hydrogen (secondary N) is 1. The minimum atomic E-state index is -0.890. The maximum Gasteiger partial charge on any atom is 0.334 e. The number of morpholine rings is 1. The summed E-state index contributed by atoms with van der Waals surface area (Å²) >= 11 is 0. The van der Waals surface area contributed by atoms with E-state index >= 15 is 0 Å². The fourth-order valence-corrected chi connectivity index (χ4v) is 0.940. The molecule has 1 fully saturated rings. The van der Waals surface area contributed by atoms with Gasteiger partial charge < -0.3 is 15.2 Å². The predicted octanol–water partition coefficient (Wildman–Crippen LogP) is -0.552. The molecule has 0 aromatic carbocycles. The van der Waals surface area contributed by atoms with Crippen LogP contribution in [0.3, 0.4) is 0 Å². The van der Waals surface area contributed by atoms with Crippen LogP contribution in [0.2, 0.25) is 0 Å². The van der Waals surface area contributed by atoms with Crippen molar-refractivity contribution in [2.24, 2.45) is 0 Å². The molecule has 0 radical (unpaired) electrons. The fourth-order valence-electron chi connectivity index (χ4n) is 0.940. The predicted molar refractivity (Wildman–Crippen MR) is 34.8 cm³/mol. The third-order valence-electron chi connectivity index (χ3n) is 1.43. The SMILES string of the molecule is CC1CNC[C@@H](C(=O)O)O1. The molecule has 4 heteroatoms. The lowest BCUT2D eigenvalue weighted by molar-refractivity contribution is -0.156. The van der Waals surface area contributed by atoms with Crippen molar-refractivity contribution in [3.05, 3.63) is 0 Å². The molecule has 4 nitrogen and oxygen atoms in total. The molecule has 10 heavy (non-hydrogen) atoms. The first-order chi connectivity index (χ1) is 4.70. The van der Waals surface area contributed by atoms with Gasteiger partial charge in [0.25, 0.3) is 0 Å². The molecule has 1 rings (SSSR count). The molecule has 0 amide bonds. The first-order valence-corrected chi connectivity index (χ1v) is 3.29. The minimum absolute atomic E-state index is 0.00912. The van der Waals surface area contributed by atoms with E-state index in [1.807, 2.05) is 6.92 Å². The van der Waals surface area contributed by atoms with Crippen LogP contribution in [0.15, 0.2) is 0 Å². The van der Waals surface area contributed by atoms with Crippen LogP contribution >= 0.6 is 0 Å². The molecule has 0 aliphatic carbocycles. The summed E-state index contributed by atoms with van der Waals surface area (Å²) in [6.07, 6.45) is -0.654. The van der Waals surface area contributed by atoms with Gasteiger partial charge in [0.2, 0.25) is 0 Å². The summed E-state index contributed by atoms with van der Waals surface area (Å²) in [5.41, 5.74) is 0. The first kappa shape index (κ1) is 7.50. The summed E-state index contributed by atoms with van der Waals surface area (Å²) in [6.45, 7) is 3.01. The van der Waals surface area contributed by atoms with Gasteiger partial charge in [0.05, 0.1) is 6.10 Å². The highest BCUT2D eigenvalue weighted by molar-refractivity contribution is 5.72. The van der Waals surface area contributed by atoms with Crippen molar-refractivity contribution in [2.75, 3.05) is 13.1 Å². The zero-order valence-electron chi connectivity index (χ0n) is 5.83. The molecule has 2 N–H and O–H groups in total. The van der Waals surface area contributed by atoms with Crippen molar-refractivity contribution in [1.29, 1.82) is 0 Å². The average Bonchev–Trinajstić information content (AvgIpc) is 1.88. The molecule has 1 saturated heterocycles. The van der Waals surface area contributed by atoms with Crippen LogP contribution in [0.4, 0.5) is 0 Å². The molecule has 0 saturated carbocycles. The van der Waals surface area contributed by atoms with Gasteiger partial charge in [-0.05, 0) is 6.92 Å². The van der Waals surface area contributed by atoms with Crippen LogP contribution in [-0.2, 0) is 9.53 Å². The maximum atomic E-state index is 10.3. The molecule has 2 atom stereocenters. The number of carboxylic acid groups (broad SMARTS) is 1. The Morgan fingerprint density at radius 1 is 1.70 bits per heavy atom. The summed E-state index contributed by atoms with van der Waals surface area (Å²) in [5.74, 6) is -0.890. The van der Waals surface area contributed by atoms with Gasteiger partial charge >= 0.3 is 5.97 Å². The molecule has 58 valence electrons. The molecular formula is C6H11NO3. The second-order valence-corrected chi connectivity index (χ2v) is 2.43. The van der Waals surface area contributed by atoms with E-state index in [4.69, 9.17) is 9.84 Å². The molecule has 1 unspecified atom stereocenters. The Bertz CT molecular complexity index is 137. The van der Waals surface area contributed by atoms with Gasteiger partial charge in [-0.15, -0.1) is 0 Å². The van der Waals surface area contributed by atoms with E-state index in [9.17, 15) is 4.79 Å². The van der Waals surface area contributed by atoms with Crippen LogP contribution < -0.4 is 5.32 Å². The van der Waals surface area contributed by atoms with Gasteiger partial charge in [-0.2, -0.15) is 0 Å². The Hall–Kier alpha value is -0.610. The first-order valence-electron chi connectivity index (χ1n) is 3.29. The number of ether oxygens (including phenoxy) is 1. The van der Waals surface area contributed by atoms with Crippen molar-refractivity contribution < 1.29 is 14.6 Å². The lowest BCUT2D eigenvalue weighted by atomic mass is 10.2. The number of hydrogen-bond acceptors (Lipinski definition) is 3. The molecule has 0 spiro atoms. The van der Waals surface area contributed by atoms with Crippen molar-refractivity contribution in [3.8, 4) is 0 Å². The Morgan fingerprint density at radius 2 is 2.40 bits per heavy atom. The highest BCUT2D eigenvalue weighted by Gasteiger charge is 2.24. The van der Waals surface area contributed by atoms with Gasteiger partial charge in [0.15, 0.2) is 6.10 Å². The van der Waals surface area contributed by atoms with Crippen LogP contribution in [0.1, 0.15) is 6.92 Å². The smallest absolute Gasteiger partial charge is 0.334 e. The largest absolute Gasteiger partial charge is 0.479 e. The molecule has 1 aliphatic rings. The van der Waals surface area contributed by atoms with E-state index in [1.165, 1.54) is 0 Å². The van der Waals surface area contributed by atoms with Crippen LogP contribution in [0.25, 0.3) is 0 Å². The maximum absolute atomic E-state index is 10.3. The molecule has 1 aliphatic heterocycles. The number of carbonyl (C=O) groups is 1. The second-order valence-electron chi connectivity index (χ2n) is 2.43. The zero-order chi connectivity index (χ0) is 7.56. The van der Waals surface area contributed by atoms with Crippen molar-refractivity contribution >= 4 is 5.97 Å². The monoisotopic (exact) mass is 145 g/mol. The second kappa shape index (κ2) is 2.98. The average molecular weight is 145 g/mol. The van der Waals surface area contributed by atoms with E-state index in [1.54, 1.807) is 0 Å². The van der Waals surface area contributed by atoms with E-state index in [0.717, 1.165) is 6.54 Å². The van der Waals surface area contributed by atoms with Crippen LogP contribution in [0, 0.1) is 0 Å². The summed E-state index contributed by atoms with van der Waals surface area (Å²) in [5, 5.41) is 11.5. The molecule has 0 aromatic heterocycles. The Labute approximate surface area is 59.2 Å². The van der Waals surface area contributed by atoms with E-state index in [2.05, 4.69) is 5.32 Å². The van der Waals surface area contributed by atoms with Crippen LogP contribution in [-0.4, -0.2) is 36.4 Å². The topological polar surface area (TPSA) is 58.6 Å². The number of aliphatic carboxylic acids is 1. The molecular weight excluding hydrogens is 134 g/mol. The Morgan fingerprint density at radius 3 is 2.80 bits per heavy atom. The Kier molecular flexibility index (Phi) is 2.24. The van der Waals surface area contributed by atoms with Crippen LogP contribution in [0.5, 0.6) is 0 Å². The van der Waals surface area contributed by atoms with E-state index < -0.39 is 12.1 Å². The zero-order valence-corrected chi connectivity index (χ0v) is 5.83. The highest BCUT2D eigenvalue weighted by atomic mass is 16.5. The summed E-state index contributed by atoms with van der Waals surface area (Å²) in [6, 6.07) is 0. The van der Waals surface area contributed by atoms with Crippen molar-refractivity contribution in [1.82, 2.24) is 5.32 Å². The standard InChI is InChI=1S/C6H11NO3/c1-4-2-7-3-5(10-4)6(8)9/h4-5,7H,2-3H2,1H3,(H,8,9)/t4?,5-/m0/s1.